The van der Waals surface area contributed by atoms with E-state index in [1.807, 2.05) is 0 Å². The topological polar surface area (TPSA) is 37.4 Å². The lowest BCUT2D eigenvalue weighted by atomic mass is 10.2. The van der Waals surface area contributed by atoms with Crippen molar-refractivity contribution in [1.29, 1.82) is 0 Å². The summed E-state index contributed by atoms with van der Waals surface area (Å²) in [5.41, 5.74) is 0.287. The van der Waals surface area contributed by atoms with Crippen LogP contribution in [0, 0.1) is 12.7 Å². The highest BCUT2D eigenvalue weighted by Gasteiger charge is 2.28. The first-order valence-corrected chi connectivity index (χ1v) is 7.37. The van der Waals surface area contributed by atoms with Gasteiger partial charge in [0.2, 0.25) is 10.0 Å². The van der Waals surface area contributed by atoms with Gasteiger partial charge < -0.3 is 0 Å². The van der Waals surface area contributed by atoms with Crippen LogP contribution in [-0.2, 0) is 10.0 Å². The Balaban J connectivity index is 3.22. The number of aryl methyl sites for hydroxylation is 1. The molecule has 0 heterocycles. The summed E-state index contributed by atoms with van der Waals surface area (Å²) in [6, 6.07) is 3.20. The van der Waals surface area contributed by atoms with Crippen LogP contribution in [0.5, 0.6) is 0 Å². The summed E-state index contributed by atoms with van der Waals surface area (Å²) < 4.78 is 62.9. The lowest BCUT2D eigenvalue weighted by Crippen LogP contribution is -2.37. The van der Waals surface area contributed by atoms with Gasteiger partial charge in [0.1, 0.15) is 5.82 Å². The summed E-state index contributed by atoms with van der Waals surface area (Å²) in [5.74, 6) is -0.868. The molecule has 0 saturated carbocycles. The molecule has 0 bridgehead atoms. The van der Waals surface area contributed by atoms with Crippen molar-refractivity contribution in [3.63, 3.8) is 0 Å². The van der Waals surface area contributed by atoms with E-state index >= 15 is 0 Å². The van der Waals surface area contributed by atoms with Crippen LogP contribution < -0.4 is 0 Å². The highest BCUT2D eigenvalue weighted by Crippen LogP contribution is 2.21. The number of rotatable bonds is 6. The van der Waals surface area contributed by atoms with Crippen LogP contribution in [0.4, 0.5) is 13.2 Å². The van der Waals surface area contributed by atoms with Crippen LogP contribution in [0.1, 0.15) is 5.56 Å². The van der Waals surface area contributed by atoms with E-state index in [0.29, 0.717) is 4.31 Å². The van der Waals surface area contributed by atoms with Crippen molar-refractivity contribution < 1.29 is 21.6 Å². The Morgan fingerprint density at radius 3 is 2.53 bits per heavy atom. The second kappa shape index (κ2) is 6.58. The summed E-state index contributed by atoms with van der Waals surface area (Å²) in [7, 11) is -4.18. The first kappa shape index (κ1) is 16.3. The average Bonchev–Trinajstić information content (AvgIpc) is 2.31. The molecule has 0 radical (unpaired) electrons. The van der Waals surface area contributed by atoms with Gasteiger partial charge in [0.05, 0.1) is 11.4 Å². The maximum absolute atomic E-state index is 13.1. The first-order valence-electron chi connectivity index (χ1n) is 5.39. The number of sulfonamides is 1. The predicted octanol–water partition coefficient (Wildman–Crippen LogP) is 2.63. The van der Waals surface area contributed by atoms with Crippen LogP contribution in [0.25, 0.3) is 0 Å². The smallest absolute Gasteiger partial charge is 0.209 e. The fraction of sp³-hybridized carbons (Fsp3) is 0.455. The zero-order valence-electron chi connectivity index (χ0n) is 10.1. The minimum atomic E-state index is -4.18. The normalized spacial score (nSPS) is 12.4. The van der Waals surface area contributed by atoms with E-state index < -0.39 is 28.8 Å². The van der Waals surface area contributed by atoms with Crippen LogP contribution >= 0.6 is 11.6 Å². The molecule has 0 aromatic heterocycles. The third kappa shape index (κ3) is 4.09. The number of hydrogen-bond acceptors (Lipinski definition) is 2. The lowest BCUT2D eigenvalue weighted by molar-refractivity contribution is 0.121. The molecule has 0 amide bonds. The van der Waals surface area contributed by atoms with Crippen LogP contribution in [0.3, 0.4) is 0 Å². The Morgan fingerprint density at radius 1 is 1.37 bits per heavy atom. The van der Waals surface area contributed by atoms with Crippen molar-refractivity contribution in [1.82, 2.24) is 4.31 Å². The molecule has 0 aliphatic heterocycles. The Labute approximate surface area is 115 Å². The van der Waals surface area contributed by atoms with Gasteiger partial charge in [0, 0.05) is 12.4 Å². The zero-order valence-corrected chi connectivity index (χ0v) is 11.7. The number of alkyl halides is 3. The highest BCUT2D eigenvalue weighted by atomic mass is 35.5. The third-order valence-electron chi connectivity index (χ3n) is 2.44. The summed E-state index contributed by atoms with van der Waals surface area (Å²) in [6.45, 7) is 0.239. The molecule has 0 atom stereocenters. The molecule has 3 nitrogen and oxygen atoms in total. The second-order valence-corrected chi connectivity index (χ2v) is 6.14. The number of nitrogens with zero attached hydrogens (tertiary/aromatic N) is 1. The molecule has 19 heavy (non-hydrogen) atoms. The fourth-order valence-corrected chi connectivity index (χ4v) is 3.51. The van der Waals surface area contributed by atoms with Crippen molar-refractivity contribution in [3.8, 4) is 0 Å². The van der Waals surface area contributed by atoms with Crippen molar-refractivity contribution in [2.24, 2.45) is 0 Å². The Morgan fingerprint density at radius 2 is 2.00 bits per heavy atom. The Hall–Kier alpha value is -0.790. The monoisotopic (exact) mass is 315 g/mol. The number of benzene rings is 1. The molecule has 1 rings (SSSR count). The van der Waals surface area contributed by atoms with Crippen LogP contribution in [0.15, 0.2) is 23.1 Å². The van der Waals surface area contributed by atoms with Gasteiger partial charge in [0.15, 0.2) is 0 Å². The largest absolute Gasteiger partial charge is 0.252 e. The Bertz CT molecular complexity index is 537. The van der Waals surface area contributed by atoms with E-state index in [1.165, 1.54) is 13.0 Å². The Kier molecular flexibility index (Phi) is 5.64. The standard InChI is InChI=1S/C11H13ClF3NO2S/c1-8-2-3-9(13)6-10(8)19(17,18)16(5-4-12)7-11(14)15/h2-3,6,11H,4-5,7H2,1H3. The summed E-state index contributed by atoms with van der Waals surface area (Å²) in [4.78, 5) is -0.321. The molecule has 8 heteroatoms. The van der Waals surface area contributed by atoms with Crippen molar-refractivity contribution >= 4 is 21.6 Å². The first-order chi connectivity index (χ1) is 8.78. The minimum Gasteiger partial charge on any atom is -0.209 e. The lowest BCUT2D eigenvalue weighted by Gasteiger charge is -2.21. The maximum Gasteiger partial charge on any atom is 0.252 e. The highest BCUT2D eigenvalue weighted by molar-refractivity contribution is 7.89. The molecule has 108 valence electrons. The van der Waals surface area contributed by atoms with Gasteiger partial charge in [-0.25, -0.2) is 21.6 Å². The maximum atomic E-state index is 13.1. The molecular weight excluding hydrogens is 303 g/mol. The SMILES string of the molecule is Cc1ccc(F)cc1S(=O)(=O)N(CCCl)CC(F)F. The molecule has 0 N–H and O–H groups in total. The molecule has 0 spiro atoms. The molecule has 0 saturated heterocycles. The zero-order chi connectivity index (χ0) is 14.6. The van der Waals surface area contributed by atoms with Gasteiger partial charge in [-0.2, -0.15) is 4.31 Å². The molecule has 1 aromatic rings. The third-order valence-corrected chi connectivity index (χ3v) is 4.62. The fourth-order valence-electron chi connectivity index (χ4n) is 1.55. The summed E-state index contributed by atoms with van der Waals surface area (Å²) in [6.07, 6.45) is -2.83. The van der Waals surface area contributed by atoms with E-state index in [2.05, 4.69) is 0 Å². The number of hydrogen-bond donors (Lipinski definition) is 0. The molecule has 1 aromatic carbocycles. The van der Waals surface area contributed by atoms with Crippen LogP contribution in [0.2, 0.25) is 0 Å². The van der Waals surface area contributed by atoms with Gasteiger partial charge in [-0.1, -0.05) is 6.07 Å². The quantitative estimate of drug-likeness (QED) is 0.757. The molecular formula is C11H13ClF3NO2S. The van der Waals surface area contributed by atoms with Crippen molar-refractivity contribution in [2.45, 2.75) is 18.2 Å². The molecule has 0 aliphatic rings. The molecule has 0 unspecified atom stereocenters. The van der Waals surface area contributed by atoms with Crippen molar-refractivity contribution in [2.75, 3.05) is 19.0 Å². The second-order valence-electron chi connectivity index (χ2n) is 3.85. The molecule has 0 aliphatic carbocycles. The minimum absolute atomic E-state index is 0.125. The van der Waals surface area contributed by atoms with Crippen molar-refractivity contribution in [3.05, 3.63) is 29.6 Å². The van der Waals surface area contributed by atoms with Gasteiger partial charge >= 0.3 is 0 Å². The van der Waals surface area contributed by atoms with Crippen LogP contribution in [-0.4, -0.2) is 38.1 Å². The van der Waals surface area contributed by atoms with E-state index in [4.69, 9.17) is 11.6 Å². The molecule has 0 fully saturated rings. The van der Waals surface area contributed by atoms with Gasteiger partial charge in [-0.05, 0) is 24.6 Å². The summed E-state index contributed by atoms with van der Waals surface area (Å²) in [5, 5.41) is 0. The van der Waals surface area contributed by atoms with Gasteiger partial charge in [-0.15, -0.1) is 11.6 Å². The van der Waals surface area contributed by atoms with E-state index in [9.17, 15) is 21.6 Å². The summed E-state index contributed by atoms with van der Waals surface area (Å²) >= 11 is 5.42. The van der Waals surface area contributed by atoms with E-state index in [-0.39, 0.29) is 22.9 Å². The van der Waals surface area contributed by atoms with E-state index in [1.54, 1.807) is 0 Å². The number of halogens is 4. The van der Waals surface area contributed by atoms with Gasteiger partial charge in [0.25, 0.3) is 6.43 Å². The predicted molar refractivity (Wildman–Crippen MR) is 66.6 cm³/mol. The van der Waals surface area contributed by atoms with E-state index in [0.717, 1.165) is 12.1 Å². The van der Waals surface area contributed by atoms with Gasteiger partial charge in [-0.3, -0.25) is 0 Å². The average molecular weight is 316 g/mol.